The molecule has 0 amide bonds. The van der Waals surface area contributed by atoms with Crippen LogP contribution in [0.1, 0.15) is 20.8 Å². The summed E-state index contributed by atoms with van der Waals surface area (Å²) in [6, 6.07) is 1.48. The van der Waals surface area contributed by atoms with Crippen molar-refractivity contribution in [1.29, 1.82) is 0 Å². The van der Waals surface area contributed by atoms with Crippen LogP contribution in [0, 0.1) is 0 Å². The van der Waals surface area contributed by atoms with E-state index >= 15 is 0 Å². The molecule has 0 aromatic heterocycles. The fourth-order valence-corrected chi connectivity index (χ4v) is 3.16. The summed E-state index contributed by atoms with van der Waals surface area (Å²) in [7, 11) is 0. The summed E-state index contributed by atoms with van der Waals surface area (Å²) in [6.45, 7) is 15.8. The zero-order valence-corrected chi connectivity index (χ0v) is 10.4. The molecule has 3 heterocycles. The lowest BCUT2D eigenvalue weighted by atomic mass is 10.00. The summed E-state index contributed by atoms with van der Waals surface area (Å²) in [5.74, 6) is 0. The summed E-state index contributed by atoms with van der Waals surface area (Å²) in [4.78, 5) is 7.92. The Morgan fingerprint density at radius 3 is 2.13 bits per heavy atom. The van der Waals surface area contributed by atoms with E-state index in [9.17, 15) is 0 Å². The van der Waals surface area contributed by atoms with Crippen LogP contribution in [0.4, 0.5) is 0 Å². The molecule has 3 saturated heterocycles. The van der Waals surface area contributed by atoms with Crippen LogP contribution >= 0.6 is 0 Å². The third-order valence-corrected chi connectivity index (χ3v) is 4.27. The molecule has 0 aromatic carbocycles. The lowest BCUT2D eigenvalue weighted by molar-refractivity contribution is -0.0235. The van der Waals surface area contributed by atoms with Gasteiger partial charge in [-0.3, -0.25) is 14.7 Å². The maximum Gasteiger partial charge on any atom is 0.0377 e. The SMILES string of the molecule is CCN(CC)C(C)C1CN2CCN1CC2. The summed E-state index contributed by atoms with van der Waals surface area (Å²) in [5.41, 5.74) is 0. The van der Waals surface area contributed by atoms with Crippen LogP contribution in [0.25, 0.3) is 0 Å². The fourth-order valence-electron chi connectivity index (χ4n) is 3.16. The Kier molecular flexibility index (Phi) is 3.65. The standard InChI is InChI=1S/C12H25N3/c1-4-14(5-2)11(3)12-10-13-6-8-15(12)9-7-13/h11-12H,4-10H2,1-3H3. The molecule has 3 fully saturated rings. The maximum atomic E-state index is 2.70. The number of fused-ring (bicyclic) bond motifs is 3. The van der Waals surface area contributed by atoms with E-state index in [-0.39, 0.29) is 0 Å². The van der Waals surface area contributed by atoms with Crippen LogP contribution in [-0.2, 0) is 0 Å². The van der Waals surface area contributed by atoms with Crippen molar-refractivity contribution in [2.45, 2.75) is 32.9 Å². The molecule has 3 nitrogen and oxygen atoms in total. The first kappa shape index (κ1) is 11.4. The van der Waals surface area contributed by atoms with E-state index in [4.69, 9.17) is 0 Å². The minimum atomic E-state index is 0.711. The number of nitrogens with zero attached hydrogens (tertiary/aromatic N) is 3. The zero-order chi connectivity index (χ0) is 10.8. The van der Waals surface area contributed by atoms with E-state index in [0.29, 0.717) is 6.04 Å². The van der Waals surface area contributed by atoms with Crippen LogP contribution in [-0.4, -0.2) is 72.6 Å². The summed E-state index contributed by atoms with van der Waals surface area (Å²) in [6.07, 6.45) is 0. The van der Waals surface area contributed by atoms with Gasteiger partial charge in [-0.25, -0.2) is 0 Å². The highest BCUT2D eigenvalue weighted by Gasteiger charge is 2.36. The van der Waals surface area contributed by atoms with Gasteiger partial charge in [0.25, 0.3) is 0 Å². The first-order chi connectivity index (χ1) is 7.26. The van der Waals surface area contributed by atoms with Gasteiger partial charge in [-0.15, -0.1) is 0 Å². The number of piperazine rings is 3. The predicted molar refractivity (Wildman–Crippen MR) is 64.2 cm³/mol. The average Bonchev–Trinajstić information content (AvgIpc) is 2.32. The molecular weight excluding hydrogens is 186 g/mol. The van der Waals surface area contributed by atoms with Crippen LogP contribution < -0.4 is 0 Å². The number of rotatable bonds is 4. The zero-order valence-electron chi connectivity index (χ0n) is 10.4. The van der Waals surface area contributed by atoms with Gasteiger partial charge in [0.05, 0.1) is 0 Å². The molecule has 3 aliphatic rings. The Bertz CT molecular complexity index is 195. The van der Waals surface area contributed by atoms with Gasteiger partial charge in [0.2, 0.25) is 0 Å². The van der Waals surface area contributed by atoms with E-state index in [1.165, 1.54) is 45.8 Å². The van der Waals surface area contributed by atoms with Gasteiger partial charge in [-0.05, 0) is 20.0 Å². The fraction of sp³-hybridized carbons (Fsp3) is 1.00. The van der Waals surface area contributed by atoms with Crippen LogP contribution in [0.5, 0.6) is 0 Å². The molecular formula is C12H25N3. The minimum absolute atomic E-state index is 0.711. The number of likely N-dealkylation sites (N-methyl/N-ethyl adjacent to an activating group) is 1. The Balaban J connectivity index is 1.97. The molecule has 0 N–H and O–H groups in total. The maximum absolute atomic E-state index is 2.70. The summed E-state index contributed by atoms with van der Waals surface area (Å²) in [5, 5.41) is 0. The van der Waals surface area contributed by atoms with Crippen molar-refractivity contribution in [1.82, 2.24) is 14.7 Å². The van der Waals surface area contributed by atoms with Gasteiger partial charge >= 0.3 is 0 Å². The molecule has 15 heavy (non-hydrogen) atoms. The van der Waals surface area contributed by atoms with Gasteiger partial charge in [0, 0.05) is 44.8 Å². The van der Waals surface area contributed by atoms with Crippen molar-refractivity contribution in [3.8, 4) is 0 Å². The highest BCUT2D eigenvalue weighted by molar-refractivity contribution is 4.93. The molecule has 0 radical (unpaired) electrons. The molecule has 2 atom stereocenters. The second-order valence-corrected chi connectivity index (χ2v) is 4.87. The van der Waals surface area contributed by atoms with Crippen molar-refractivity contribution < 1.29 is 0 Å². The molecule has 0 spiro atoms. The molecule has 3 rings (SSSR count). The van der Waals surface area contributed by atoms with E-state index in [1.54, 1.807) is 0 Å². The first-order valence-corrected chi connectivity index (χ1v) is 6.46. The molecule has 3 aliphatic heterocycles. The van der Waals surface area contributed by atoms with Crippen molar-refractivity contribution in [2.75, 3.05) is 45.8 Å². The van der Waals surface area contributed by atoms with Crippen LogP contribution in [0.15, 0.2) is 0 Å². The smallest absolute Gasteiger partial charge is 0.0377 e. The number of hydrogen-bond acceptors (Lipinski definition) is 3. The lowest BCUT2D eigenvalue weighted by Crippen LogP contribution is -2.66. The first-order valence-electron chi connectivity index (χ1n) is 6.46. The Hall–Kier alpha value is -0.120. The average molecular weight is 211 g/mol. The largest absolute Gasteiger partial charge is 0.300 e. The normalized spacial score (nSPS) is 37.2. The quantitative estimate of drug-likeness (QED) is 0.678. The van der Waals surface area contributed by atoms with E-state index in [1.807, 2.05) is 0 Å². The van der Waals surface area contributed by atoms with Crippen LogP contribution in [0.2, 0.25) is 0 Å². The van der Waals surface area contributed by atoms with Gasteiger partial charge in [0.1, 0.15) is 0 Å². The molecule has 0 aromatic rings. The Morgan fingerprint density at radius 2 is 1.73 bits per heavy atom. The minimum Gasteiger partial charge on any atom is -0.300 e. The molecule has 2 unspecified atom stereocenters. The van der Waals surface area contributed by atoms with E-state index < -0.39 is 0 Å². The van der Waals surface area contributed by atoms with Crippen molar-refractivity contribution in [2.24, 2.45) is 0 Å². The van der Waals surface area contributed by atoms with Crippen LogP contribution in [0.3, 0.4) is 0 Å². The Morgan fingerprint density at radius 1 is 1.13 bits per heavy atom. The van der Waals surface area contributed by atoms with E-state index in [2.05, 4.69) is 35.5 Å². The van der Waals surface area contributed by atoms with Crippen molar-refractivity contribution in [3.05, 3.63) is 0 Å². The van der Waals surface area contributed by atoms with E-state index in [0.717, 1.165) is 6.04 Å². The van der Waals surface area contributed by atoms with Crippen molar-refractivity contribution in [3.63, 3.8) is 0 Å². The highest BCUT2D eigenvalue weighted by atomic mass is 15.4. The van der Waals surface area contributed by atoms with Gasteiger partial charge in [0.15, 0.2) is 0 Å². The third kappa shape index (κ3) is 2.19. The van der Waals surface area contributed by atoms with Gasteiger partial charge < -0.3 is 0 Å². The topological polar surface area (TPSA) is 9.72 Å². The number of hydrogen-bond donors (Lipinski definition) is 0. The predicted octanol–water partition coefficient (Wildman–Crippen LogP) is 0.717. The molecule has 88 valence electrons. The third-order valence-electron chi connectivity index (χ3n) is 4.27. The van der Waals surface area contributed by atoms with Gasteiger partial charge in [-0.2, -0.15) is 0 Å². The Labute approximate surface area is 94.0 Å². The summed E-state index contributed by atoms with van der Waals surface area (Å²) >= 11 is 0. The van der Waals surface area contributed by atoms with Gasteiger partial charge in [-0.1, -0.05) is 13.8 Å². The molecule has 2 bridgehead atoms. The lowest BCUT2D eigenvalue weighted by Gasteiger charge is -2.51. The monoisotopic (exact) mass is 211 g/mol. The highest BCUT2D eigenvalue weighted by Crippen LogP contribution is 2.20. The summed E-state index contributed by atoms with van der Waals surface area (Å²) < 4.78 is 0. The molecule has 3 heteroatoms. The molecule has 0 aliphatic carbocycles. The second kappa shape index (κ2) is 4.81. The second-order valence-electron chi connectivity index (χ2n) is 4.87. The van der Waals surface area contributed by atoms with Crippen molar-refractivity contribution >= 4 is 0 Å². The molecule has 0 saturated carbocycles.